The number of carbonyl (C=O) groups is 3. The summed E-state index contributed by atoms with van der Waals surface area (Å²) in [7, 11) is 1.55. The number of amides is 3. The van der Waals surface area contributed by atoms with Gasteiger partial charge in [-0.2, -0.15) is 4.37 Å². The lowest BCUT2D eigenvalue weighted by Gasteiger charge is -2.31. The summed E-state index contributed by atoms with van der Waals surface area (Å²) < 4.78 is 14.9. The summed E-state index contributed by atoms with van der Waals surface area (Å²) in [4.78, 5) is 40.9. The number of carbonyl (C=O) groups excluding carboxylic acids is 3. The number of ether oxygens (including phenoxy) is 2. The maximum atomic E-state index is 14.0. The number of nitrogens with zero attached hydrogens (tertiary/aromatic N) is 2. The van der Waals surface area contributed by atoms with Crippen LogP contribution in [0.3, 0.4) is 0 Å². The third-order valence-corrected chi connectivity index (χ3v) is 7.00. The highest BCUT2D eigenvalue weighted by Gasteiger charge is 2.36. The van der Waals surface area contributed by atoms with Crippen molar-refractivity contribution in [3.8, 4) is 5.75 Å². The first-order valence-electron chi connectivity index (χ1n) is 11.8. The highest BCUT2D eigenvalue weighted by atomic mass is 32.1. The monoisotopic (exact) mass is 523 g/mol. The molecule has 2 heterocycles. The lowest BCUT2D eigenvalue weighted by molar-refractivity contribution is -0.123. The third-order valence-electron chi connectivity index (χ3n) is 6.15. The zero-order valence-corrected chi connectivity index (χ0v) is 21.4. The van der Waals surface area contributed by atoms with Gasteiger partial charge in [0.2, 0.25) is 5.91 Å². The molecule has 0 bridgehead atoms. The van der Waals surface area contributed by atoms with Crippen molar-refractivity contribution in [3.63, 3.8) is 0 Å². The Balaban J connectivity index is 1.80. The predicted octanol–water partition coefficient (Wildman–Crippen LogP) is 2.82. The van der Waals surface area contributed by atoms with Crippen LogP contribution in [0.15, 0.2) is 48.5 Å². The number of nitrogens with two attached hydrogens (primary N) is 2. The minimum Gasteiger partial charge on any atom is -0.497 e. The van der Waals surface area contributed by atoms with E-state index < -0.39 is 23.8 Å². The van der Waals surface area contributed by atoms with Crippen LogP contribution in [0.2, 0.25) is 0 Å². The molecular weight excluding hydrogens is 494 g/mol. The van der Waals surface area contributed by atoms with E-state index in [-0.39, 0.29) is 22.4 Å². The molecule has 5 N–H and O–H groups in total. The lowest BCUT2D eigenvalue weighted by Crippen LogP contribution is -2.45. The van der Waals surface area contributed by atoms with E-state index >= 15 is 0 Å². The molecule has 3 aromatic rings. The van der Waals surface area contributed by atoms with Crippen LogP contribution in [0, 0.1) is 6.92 Å². The van der Waals surface area contributed by atoms with Gasteiger partial charge < -0.3 is 26.3 Å². The van der Waals surface area contributed by atoms with Crippen LogP contribution >= 0.6 is 11.5 Å². The molecule has 0 radical (unpaired) electrons. The minimum atomic E-state index is -1.07. The van der Waals surface area contributed by atoms with Crippen molar-refractivity contribution in [1.29, 1.82) is 0 Å². The van der Waals surface area contributed by atoms with E-state index in [0.717, 1.165) is 29.9 Å². The number of methoxy groups -OCH3 is 1. The molecule has 2 atom stereocenters. The quantitative estimate of drug-likeness (QED) is 0.390. The van der Waals surface area contributed by atoms with Crippen molar-refractivity contribution in [3.05, 3.63) is 70.2 Å². The van der Waals surface area contributed by atoms with Gasteiger partial charge in [-0.3, -0.25) is 19.3 Å². The second-order valence-corrected chi connectivity index (χ2v) is 9.48. The lowest BCUT2D eigenvalue weighted by atomic mass is 10.0. The zero-order valence-electron chi connectivity index (χ0n) is 20.6. The number of rotatable bonds is 9. The predicted molar refractivity (Wildman–Crippen MR) is 141 cm³/mol. The molecule has 2 aromatic carbocycles. The molecule has 0 spiro atoms. The SMILES string of the molecule is COc1ccc([C@@H](C(=O)NC[C@H]2CCCO2)N(C(=O)c2snc(C(N)=O)c2N)c2ccc(C)cc2)cc1. The van der Waals surface area contributed by atoms with Crippen LogP contribution in [0.1, 0.15) is 50.2 Å². The molecule has 1 aliphatic heterocycles. The Morgan fingerprint density at radius 2 is 1.89 bits per heavy atom. The number of aryl methyl sites for hydroxylation is 1. The Bertz CT molecular complexity index is 1270. The van der Waals surface area contributed by atoms with Crippen LogP contribution < -0.4 is 26.4 Å². The Morgan fingerprint density at radius 1 is 1.19 bits per heavy atom. The summed E-state index contributed by atoms with van der Waals surface area (Å²) in [6, 6.07) is 13.0. The number of hydrogen-bond donors (Lipinski definition) is 3. The molecule has 37 heavy (non-hydrogen) atoms. The van der Waals surface area contributed by atoms with E-state index in [9.17, 15) is 14.4 Å². The summed E-state index contributed by atoms with van der Waals surface area (Å²) in [6.45, 7) is 2.89. The normalized spacial score (nSPS) is 15.7. The summed E-state index contributed by atoms with van der Waals surface area (Å²) in [5.74, 6) is -1.21. The number of nitrogen functional groups attached to an aromatic ring is 1. The van der Waals surface area contributed by atoms with E-state index in [1.54, 1.807) is 43.5 Å². The van der Waals surface area contributed by atoms with Crippen LogP contribution in [0.4, 0.5) is 11.4 Å². The van der Waals surface area contributed by atoms with Crippen molar-refractivity contribution in [2.75, 3.05) is 30.9 Å². The maximum Gasteiger partial charge on any atom is 0.273 e. The van der Waals surface area contributed by atoms with Crippen LogP contribution in [0.25, 0.3) is 0 Å². The molecule has 1 saturated heterocycles. The average molecular weight is 524 g/mol. The van der Waals surface area contributed by atoms with Crippen molar-refractivity contribution in [2.45, 2.75) is 31.9 Å². The molecule has 4 rings (SSSR count). The maximum absolute atomic E-state index is 14.0. The van der Waals surface area contributed by atoms with Gasteiger partial charge >= 0.3 is 0 Å². The number of nitrogens with one attached hydrogen (secondary N) is 1. The number of primary amides is 1. The van der Waals surface area contributed by atoms with Gasteiger partial charge in [-0.25, -0.2) is 0 Å². The van der Waals surface area contributed by atoms with Gasteiger partial charge in [0.05, 0.1) is 18.9 Å². The Kier molecular flexibility index (Phi) is 8.04. The molecule has 0 unspecified atom stereocenters. The van der Waals surface area contributed by atoms with Gasteiger partial charge in [0.1, 0.15) is 16.7 Å². The standard InChI is InChI=1S/C26H29N5O5S/c1-15-5-9-17(10-6-15)31(26(34)23-20(27)21(24(28)32)30-37-23)22(16-7-11-18(35-2)12-8-16)25(33)29-14-19-4-3-13-36-19/h5-12,19,22H,3-4,13-14,27H2,1-2H3,(H2,28,32)(H,29,33)/t19-,22+/m1/s1. The highest BCUT2D eigenvalue weighted by molar-refractivity contribution is 7.09. The van der Waals surface area contributed by atoms with Crippen molar-refractivity contribution >= 4 is 40.6 Å². The Morgan fingerprint density at radius 3 is 2.46 bits per heavy atom. The molecule has 0 aliphatic carbocycles. The van der Waals surface area contributed by atoms with Crippen LogP contribution in [-0.4, -0.2) is 48.5 Å². The fourth-order valence-electron chi connectivity index (χ4n) is 4.15. The summed E-state index contributed by atoms with van der Waals surface area (Å²) >= 11 is 0.764. The fourth-order valence-corrected chi connectivity index (χ4v) is 4.89. The third kappa shape index (κ3) is 5.73. The molecule has 1 aromatic heterocycles. The number of aromatic nitrogens is 1. The first-order chi connectivity index (χ1) is 17.8. The molecule has 1 aliphatic rings. The summed E-state index contributed by atoms with van der Waals surface area (Å²) in [6.07, 6.45) is 1.70. The van der Waals surface area contributed by atoms with Crippen LogP contribution in [-0.2, 0) is 9.53 Å². The van der Waals surface area contributed by atoms with Gasteiger partial charge in [-0.05, 0) is 61.1 Å². The summed E-state index contributed by atoms with van der Waals surface area (Å²) in [5.41, 5.74) is 13.2. The molecule has 1 fully saturated rings. The van der Waals surface area contributed by atoms with Crippen molar-refractivity contribution in [2.24, 2.45) is 5.73 Å². The van der Waals surface area contributed by atoms with Gasteiger partial charge in [0.15, 0.2) is 5.69 Å². The molecule has 11 heteroatoms. The van der Waals surface area contributed by atoms with Crippen molar-refractivity contribution in [1.82, 2.24) is 9.69 Å². The van der Waals surface area contributed by atoms with Gasteiger partial charge in [0.25, 0.3) is 11.8 Å². The van der Waals surface area contributed by atoms with E-state index in [0.29, 0.717) is 30.2 Å². The Labute approximate surface area is 218 Å². The largest absolute Gasteiger partial charge is 0.497 e. The fraction of sp³-hybridized carbons (Fsp3) is 0.308. The van der Waals surface area contributed by atoms with Gasteiger partial charge in [-0.1, -0.05) is 29.8 Å². The van der Waals surface area contributed by atoms with Gasteiger partial charge in [0, 0.05) is 18.8 Å². The van der Waals surface area contributed by atoms with Gasteiger partial charge in [-0.15, -0.1) is 0 Å². The molecule has 3 amide bonds. The first-order valence-corrected chi connectivity index (χ1v) is 12.6. The number of hydrogen-bond acceptors (Lipinski definition) is 8. The first kappa shape index (κ1) is 26.1. The molecule has 194 valence electrons. The zero-order chi connectivity index (χ0) is 26.5. The van der Waals surface area contributed by atoms with Crippen molar-refractivity contribution < 1.29 is 23.9 Å². The summed E-state index contributed by atoms with van der Waals surface area (Å²) in [5, 5.41) is 2.95. The second-order valence-electron chi connectivity index (χ2n) is 8.70. The minimum absolute atomic E-state index is 0.0137. The molecular formula is C26H29N5O5S. The smallest absolute Gasteiger partial charge is 0.273 e. The van der Waals surface area contributed by atoms with Crippen LogP contribution in [0.5, 0.6) is 5.75 Å². The van der Waals surface area contributed by atoms with E-state index in [1.165, 1.54) is 4.90 Å². The van der Waals surface area contributed by atoms with E-state index in [2.05, 4.69) is 9.69 Å². The number of anilines is 2. The average Bonchev–Trinajstić information content (AvgIpc) is 3.56. The van der Waals surface area contributed by atoms with E-state index in [1.807, 2.05) is 19.1 Å². The second kappa shape index (κ2) is 11.4. The van der Waals surface area contributed by atoms with E-state index in [4.69, 9.17) is 20.9 Å². The Hall–Kier alpha value is -3.96. The highest BCUT2D eigenvalue weighted by Crippen LogP contribution is 2.34. The molecule has 0 saturated carbocycles. The molecule has 10 nitrogen and oxygen atoms in total. The topological polar surface area (TPSA) is 150 Å². The number of benzene rings is 2.